The first-order valence-corrected chi connectivity index (χ1v) is 10.3. The molecule has 0 fully saturated rings. The van der Waals surface area contributed by atoms with Crippen molar-refractivity contribution in [1.82, 2.24) is 9.55 Å². The van der Waals surface area contributed by atoms with Crippen LogP contribution < -0.4 is 16.2 Å². The molecule has 0 amide bonds. The van der Waals surface area contributed by atoms with Gasteiger partial charge in [0.2, 0.25) is 0 Å². The van der Waals surface area contributed by atoms with Crippen molar-refractivity contribution < 1.29 is 0 Å². The first-order valence-electron chi connectivity index (χ1n) is 10.3. The molecule has 1 aromatic heterocycles. The molecule has 0 saturated heterocycles. The van der Waals surface area contributed by atoms with Gasteiger partial charge in [-0.15, -0.1) is 0 Å². The van der Waals surface area contributed by atoms with Crippen molar-refractivity contribution in [2.45, 2.75) is 13.1 Å². The number of nitrogens with two attached hydrogens (primary N) is 1. The van der Waals surface area contributed by atoms with Gasteiger partial charge in [0.1, 0.15) is 5.82 Å². The van der Waals surface area contributed by atoms with Crippen LogP contribution in [-0.4, -0.2) is 23.6 Å². The van der Waals surface area contributed by atoms with Gasteiger partial charge in [0.15, 0.2) is 0 Å². The van der Waals surface area contributed by atoms with Crippen molar-refractivity contribution in [3.63, 3.8) is 0 Å². The molecule has 0 aliphatic rings. The molecule has 4 aromatic rings. The second-order valence-corrected chi connectivity index (χ2v) is 7.72. The van der Waals surface area contributed by atoms with Crippen molar-refractivity contribution in [2.24, 2.45) is 5.73 Å². The first-order chi connectivity index (χ1) is 15.0. The third-order valence-corrected chi connectivity index (χ3v) is 5.29. The van der Waals surface area contributed by atoms with Crippen LogP contribution >= 0.6 is 0 Å². The molecule has 0 spiro atoms. The highest BCUT2D eigenvalue weighted by Gasteiger charge is 2.10. The number of hydrogen-bond acceptors (Lipinski definition) is 4. The van der Waals surface area contributed by atoms with E-state index in [0.717, 1.165) is 22.4 Å². The zero-order valence-electron chi connectivity index (χ0n) is 17.8. The summed E-state index contributed by atoms with van der Waals surface area (Å²) in [6.45, 7) is 0.901. The molecular weight excluding hydrogens is 384 g/mol. The van der Waals surface area contributed by atoms with Gasteiger partial charge in [-0.05, 0) is 47.0 Å². The average Bonchev–Trinajstić information content (AvgIpc) is 2.80. The second kappa shape index (κ2) is 8.98. The zero-order chi connectivity index (χ0) is 21.8. The maximum absolute atomic E-state index is 13.3. The molecule has 0 unspecified atom stereocenters. The van der Waals surface area contributed by atoms with Crippen molar-refractivity contribution in [1.29, 1.82) is 0 Å². The molecule has 0 bridgehead atoms. The number of aromatic nitrogens is 2. The largest absolute Gasteiger partial charge is 0.378 e. The Balaban J connectivity index is 1.77. The lowest BCUT2D eigenvalue weighted by Gasteiger charge is -2.13. The van der Waals surface area contributed by atoms with Crippen LogP contribution in [0.15, 0.2) is 77.6 Å². The molecule has 2 N–H and O–H groups in total. The van der Waals surface area contributed by atoms with Gasteiger partial charge in [-0.25, -0.2) is 4.98 Å². The van der Waals surface area contributed by atoms with Gasteiger partial charge in [-0.1, -0.05) is 54.6 Å². The van der Waals surface area contributed by atoms with Gasteiger partial charge in [-0.3, -0.25) is 9.36 Å². The number of fused-ring (bicyclic) bond motifs is 1. The van der Waals surface area contributed by atoms with E-state index in [1.165, 1.54) is 0 Å². The van der Waals surface area contributed by atoms with Gasteiger partial charge in [0.25, 0.3) is 5.56 Å². The summed E-state index contributed by atoms with van der Waals surface area (Å²) in [6, 6.07) is 23.7. The molecule has 3 aromatic carbocycles. The fourth-order valence-corrected chi connectivity index (χ4v) is 3.56. The Kier molecular flexibility index (Phi) is 5.96. The number of para-hydroxylation sites is 1. The zero-order valence-corrected chi connectivity index (χ0v) is 17.8. The highest BCUT2D eigenvalue weighted by Crippen LogP contribution is 2.16. The van der Waals surface area contributed by atoms with E-state index in [0.29, 0.717) is 29.8 Å². The van der Waals surface area contributed by atoms with E-state index in [9.17, 15) is 4.79 Å². The molecule has 0 radical (unpaired) electrons. The van der Waals surface area contributed by atoms with Crippen LogP contribution in [0.25, 0.3) is 23.1 Å². The molecule has 31 heavy (non-hydrogen) atoms. The van der Waals surface area contributed by atoms with E-state index in [-0.39, 0.29) is 5.56 Å². The van der Waals surface area contributed by atoms with Crippen LogP contribution in [0, 0.1) is 0 Å². The molecule has 0 aliphatic heterocycles. The Bertz CT molecular complexity index is 1290. The Morgan fingerprint density at radius 1 is 0.935 bits per heavy atom. The summed E-state index contributed by atoms with van der Waals surface area (Å²) in [7, 11) is 4.03. The van der Waals surface area contributed by atoms with Crippen molar-refractivity contribution in [3.05, 3.63) is 106 Å². The smallest absolute Gasteiger partial charge is 0.261 e. The minimum atomic E-state index is -0.0497. The summed E-state index contributed by atoms with van der Waals surface area (Å²) in [6.07, 6.45) is 3.90. The molecular formula is C26H26N4O. The van der Waals surface area contributed by atoms with Gasteiger partial charge >= 0.3 is 0 Å². The molecule has 0 saturated carbocycles. The van der Waals surface area contributed by atoms with Crippen LogP contribution in [-0.2, 0) is 13.1 Å². The molecule has 4 rings (SSSR count). The van der Waals surface area contributed by atoms with Gasteiger partial charge in [0.05, 0.1) is 17.4 Å². The number of hydrogen-bond donors (Lipinski definition) is 1. The molecule has 156 valence electrons. The average molecular weight is 411 g/mol. The topological polar surface area (TPSA) is 64.2 Å². The minimum Gasteiger partial charge on any atom is -0.378 e. The van der Waals surface area contributed by atoms with Crippen LogP contribution in [0.4, 0.5) is 5.69 Å². The Hall–Kier alpha value is -3.70. The van der Waals surface area contributed by atoms with Crippen molar-refractivity contribution in [2.75, 3.05) is 19.0 Å². The lowest BCUT2D eigenvalue weighted by atomic mass is 10.1. The van der Waals surface area contributed by atoms with Crippen LogP contribution in [0.1, 0.15) is 22.5 Å². The van der Waals surface area contributed by atoms with E-state index >= 15 is 0 Å². The summed E-state index contributed by atoms with van der Waals surface area (Å²) >= 11 is 0. The third-order valence-electron chi connectivity index (χ3n) is 5.29. The summed E-state index contributed by atoms with van der Waals surface area (Å²) < 4.78 is 1.72. The Morgan fingerprint density at radius 2 is 1.68 bits per heavy atom. The van der Waals surface area contributed by atoms with E-state index < -0.39 is 0 Å². The van der Waals surface area contributed by atoms with Gasteiger partial charge in [0, 0.05) is 26.3 Å². The van der Waals surface area contributed by atoms with Crippen LogP contribution in [0.3, 0.4) is 0 Å². The minimum absolute atomic E-state index is 0.0497. The molecule has 5 heteroatoms. The van der Waals surface area contributed by atoms with Gasteiger partial charge < -0.3 is 10.6 Å². The molecule has 0 atom stereocenters. The monoisotopic (exact) mass is 410 g/mol. The lowest BCUT2D eigenvalue weighted by molar-refractivity contribution is 0.737. The van der Waals surface area contributed by atoms with Crippen LogP contribution in [0.2, 0.25) is 0 Å². The fourth-order valence-electron chi connectivity index (χ4n) is 3.56. The normalized spacial score (nSPS) is 11.3. The highest BCUT2D eigenvalue weighted by molar-refractivity contribution is 5.79. The molecule has 1 heterocycles. The van der Waals surface area contributed by atoms with E-state index in [2.05, 4.69) is 29.2 Å². The maximum atomic E-state index is 13.3. The first kappa shape index (κ1) is 20.6. The quantitative estimate of drug-likeness (QED) is 0.519. The SMILES string of the molecule is CN(C)c1ccc(/C=C/c2nc3ccccc3c(=O)n2Cc2cccc(CN)c2)cc1. The third kappa shape index (κ3) is 4.57. The number of benzene rings is 3. The maximum Gasteiger partial charge on any atom is 0.261 e. The number of nitrogens with zero attached hydrogens (tertiary/aromatic N) is 3. The summed E-state index contributed by atoms with van der Waals surface area (Å²) in [5.74, 6) is 0.624. The predicted molar refractivity (Wildman–Crippen MR) is 129 cm³/mol. The second-order valence-electron chi connectivity index (χ2n) is 7.72. The predicted octanol–water partition coefficient (Wildman–Crippen LogP) is 4.14. The van der Waals surface area contributed by atoms with E-state index in [1.54, 1.807) is 4.57 Å². The van der Waals surface area contributed by atoms with Gasteiger partial charge in [-0.2, -0.15) is 0 Å². The Morgan fingerprint density at radius 3 is 2.42 bits per heavy atom. The summed E-state index contributed by atoms with van der Waals surface area (Å²) in [5, 5.41) is 0.616. The molecule has 0 aliphatic carbocycles. The number of rotatable bonds is 6. The summed E-state index contributed by atoms with van der Waals surface area (Å²) in [5.41, 5.74) is 10.7. The molecule has 5 nitrogen and oxygen atoms in total. The lowest BCUT2D eigenvalue weighted by Crippen LogP contribution is -2.24. The number of anilines is 1. The highest BCUT2D eigenvalue weighted by atomic mass is 16.1. The van der Waals surface area contributed by atoms with E-state index in [1.807, 2.05) is 74.8 Å². The summed E-state index contributed by atoms with van der Waals surface area (Å²) in [4.78, 5) is 20.1. The van der Waals surface area contributed by atoms with Crippen LogP contribution in [0.5, 0.6) is 0 Å². The Labute approximate surface area is 182 Å². The standard InChI is InChI=1S/C26H26N4O/c1-29(2)22-13-10-19(11-14-22)12-15-25-28-24-9-4-3-8-23(24)26(31)30(25)18-21-7-5-6-20(16-21)17-27/h3-16H,17-18,27H2,1-2H3/b15-12+. The van der Waals surface area contributed by atoms with Crippen molar-refractivity contribution in [3.8, 4) is 0 Å². The van der Waals surface area contributed by atoms with E-state index in [4.69, 9.17) is 10.7 Å². The fraction of sp³-hybridized carbons (Fsp3) is 0.154. The van der Waals surface area contributed by atoms with Crippen molar-refractivity contribution >= 4 is 28.7 Å².